The highest BCUT2D eigenvalue weighted by Crippen LogP contribution is 2.34. The van der Waals surface area contributed by atoms with E-state index in [1.807, 2.05) is 0 Å². The van der Waals surface area contributed by atoms with E-state index in [-0.39, 0.29) is 11.8 Å². The maximum atomic E-state index is 11.7. The van der Waals surface area contributed by atoms with Gasteiger partial charge in [-0.05, 0) is 25.2 Å². The maximum absolute atomic E-state index is 11.7. The number of carboxylic acid groups (broad SMARTS) is 1. The molecule has 0 saturated heterocycles. The average Bonchev–Trinajstić information content (AvgIpc) is 2.24. The molecule has 4 nitrogen and oxygen atoms in total. The van der Waals surface area contributed by atoms with Gasteiger partial charge in [-0.25, -0.2) is 0 Å². The first kappa shape index (κ1) is 16.0. The highest BCUT2D eigenvalue weighted by molar-refractivity contribution is 5.86. The van der Waals surface area contributed by atoms with Crippen molar-refractivity contribution in [2.75, 3.05) is 6.54 Å². The zero-order chi connectivity index (χ0) is 14.3. The summed E-state index contributed by atoms with van der Waals surface area (Å²) in [5, 5.41) is 11.8. The third-order valence-electron chi connectivity index (χ3n) is 3.94. The molecule has 0 aliphatic heterocycles. The van der Waals surface area contributed by atoms with Crippen LogP contribution >= 0.6 is 0 Å². The standard InChI is InChI=1S/C15H27NO3/c1-11(2)7-5-3-4-6-10-16-14(17)12-8-9-13(12)15(18)19/h11-13H,3-10H2,1-2H3,(H,16,17)(H,18,19). The van der Waals surface area contributed by atoms with E-state index in [0.717, 1.165) is 25.2 Å². The molecule has 0 aromatic heterocycles. The summed E-state index contributed by atoms with van der Waals surface area (Å²) in [7, 11) is 0. The lowest BCUT2D eigenvalue weighted by Crippen LogP contribution is -2.44. The molecule has 1 saturated carbocycles. The SMILES string of the molecule is CC(C)CCCCCCNC(=O)C1CCC1C(=O)O. The fourth-order valence-electron chi connectivity index (χ4n) is 2.48. The fourth-order valence-corrected chi connectivity index (χ4v) is 2.48. The number of rotatable bonds is 9. The van der Waals surface area contributed by atoms with Crippen LogP contribution in [0.5, 0.6) is 0 Å². The summed E-state index contributed by atoms with van der Waals surface area (Å²) < 4.78 is 0. The predicted octanol–water partition coefficient (Wildman–Crippen LogP) is 2.82. The van der Waals surface area contributed by atoms with E-state index in [9.17, 15) is 9.59 Å². The van der Waals surface area contributed by atoms with Crippen LogP contribution < -0.4 is 5.32 Å². The van der Waals surface area contributed by atoms with E-state index in [1.54, 1.807) is 0 Å². The Labute approximate surface area is 116 Å². The van der Waals surface area contributed by atoms with Gasteiger partial charge < -0.3 is 10.4 Å². The van der Waals surface area contributed by atoms with Crippen molar-refractivity contribution in [1.29, 1.82) is 0 Å². The molecule has 0 aromatic rings. The Hall–Kier alpha value is -1.06. The van der Waals surface area contributed by atoms with E-state index in [0.29, 0.717) is 13.0 Å². The molecule has 0 bridgehead atoms. The molecule has 0 radical (unpaired) electrons. The third-order valence-corrected chi connectivity index (χ3v) is 3.94. The predicted molar refractivity (Wildman–Crippen MR) is 74.8 cm³/mol. The summed E-state index contributed by atoms with van der Waals surface area (Å²) in [6.45, 7) is 5.15. The van der Waals surface area contributed by atoms with Crippen LogP contribution in [0.1, 0.15) is 58.8 Å². The van der Waals surface area contributed by atoms with Gasteiger partial charge >= 0.3 is 5.97 Å². The van der Waals surface area contributed by atoms with Crippen molar-refractivity contribution in [2.45, 2.75) is 58.8 Å². The van der Waals surface area contributed by atoms with Crippen LogP contribution in [0.4, 0.5) is 0 Å². The van der Waals surface area contributed by atoms with Crippen LogP contribution in [-0.4, -0.2) is 23.5 Å². The molecule has 110 valence electrons. The number of nitrogens with one attached hydrogen (secondary N) is 1. The number of carbonyl (C=O) groups is 2. The van der Waals surface area contributed by atoms with Crippen molar-refractivity contribution >= 4 is 11.9 Å². The van der Waals surface area contributed by atoms with Gasteiger partial charge in [-0.3, -0.25) is 9.59 Å². The second-order valence-corrected chi connectivity index (χ2v) is 6.02. The van der Waals surface area contributed by atoms with Crippen molar-refractivity contribution < 1.29 is 14.7 Å². The summed E-state index contributed by atoms with van der Waals surface area (Å²) in [5.74, 6) is -0.878. The molecule has 2 unspecified atom stereocenters. The Bertz CT molecular complexity index is 302. The highest BCUT2D eigenvalue weighted by atomic mass is 16.4. The zero-order valence-electron chi connectivity index (χ0n) is 12.2. The molecule has 19 heavy (non-hydrogen) atoms. The third kappa shape index (κ3) is 5.62. The summed E-state index contributed by atoms with van der Waals surface area (Å²) in [6.07, 6.45) is 7.24. The number of hydrogen-bond acceptors (Lipinski definition) is 2. The first-order chi connectivity index (χ1) is 9.02. The Balaban J connectivity index is 2.00. The molecule has 1 fully saturated rings. The van der Waals surface area contributed by atoms with Crippen molar-refractivity contribution in [2.24, 2.45) is 17.8 Å². The van der Waals surface area contributed by atoms with Crippen LogP contribution in [0.3, 0.4) is 0 Å². The maximum Gasteiger partial charge on any atom is 0.307 e. The monoisotopic (exact) mass is 269 g/mol. The minimum absolute atomic E-state index is 0.0687. The van der Waals surface area contributed by atoms with E-state index >= 15 is 0 Å². The van der Waals surface area contributed by atoms with Gasteiger partial charge in [0.25, 0.3) is 0 Å². The quantitative estimate of drug-likeness (QED) is 0.632. The van der Waals surface area contributed by atoms with Crippen molar-refractivity contribution in [3.8, 4) is 0 Å². The van der Waals surface area contributed by atoms with E-state index in [2.05, 4.69) is 19.2 Å². The van der Waals surface area contributed by atoms with Crippen LogP contribution in [-0.2, 0) is 9.59 Å². The lowest BCUT2D eigenvalue weighted by atomic mass is 9.73. The average molecular weight is 269 g/mol. The van der Waals surface area contributed by atoms with Crippen LogP contribution in [0, 0.1) is 17.8 Å². The van der Waals surface area contributed by atoms with Gasteiger partial charge in [0.15, 0.2) is 0 Å². The Morgan fingerprint density at radius 3 is 2.26 bits per heavy atom. The van der Waals surface area contributed by atoms with Crippen LogP contribution in [0.15, 0.2) is 0 Å². The van der Waals surface area contributed by atoms with Crippen LogP contribution in [0.2, 0.25) is 0 Å². The summed E-state index contributed by atoms with van der Waals surface area (Å²) in [5.41, 5.74) is 0. The Kier molecular flexibility index (Phi) is 6.89. The summed E-state index contributed by atoms with van der Waals surface area (Å²) >= 11 is 0. The highest BCUT2D eigenvalue weighted by Gasteiger charge is 2.41. The van der Waals surface area contributed by atoms with Gasteiger partial charge in [0, 0.05) is 6.54 Å². The molecule has 1 aliphatic carbocycles. The summed E-state index contributed by atoms with van der Waals surface area (Å²) in [6, 6.07) is 0. The van der Waals surface area contributed by atoms with E-state index in [4.69, 9.17) is 5.11 Å². The molecule has 1 rings (SSSR count). The minimum atomic E-state index is -0.833. The van der Waals surface area contributed by atoms with Crippen molar-refractivity contribution in [1.82, 2.24) is 5.32 Å². The van der Waals surface area contributed by atoms with Crippen molar-refractivity contribution in [3.05, 3.63) is 0 Å². The molecule has 0 spiro atoms. The number of unbranched alkanes of at least 4 members (excludes halogenated alkanes) is 3. The smallest absolute Gasteiger partial charge is 0.307 e. The molecule has 2 atom stereocenters. The van der Waals surface area contributed by atoms with Crippen molar-refractivity contribution in [3.63, 3.8) is 0 Å². The number of amides is 1. The normalized spacial score (nSPS) is 22.1. The molecule has 0 heterocycles. The van der Waals surface area contributed by atoms with Crippen LogP contribution in [0.25, 0.3) is 0 Å². The van der Waals surface area contributed by atoms with Gasteiger partial charge in [0.2, 0.25) is 5.91 Å². The number of carbonyl (C=O) groups excluding carboxylic acids is 1. The minimum Gasteiger partial charge on any atom is -0.481 e. The number of aliphatic carboxylic acids is 1. The molecular weight excluding hydrogens is 242 g/mol. The summed E-state index contributed by atoms with van der Waals surface area (Å²) in [4.78, 5) is 22.6. The molecular formula is C15H27NO3. The zero-order valence-corrected chi connectivity index (χ0v) is 12.2. The van der Waals surface area contributed by atoms with E-state index < -0.39 is 11.9 Å². The van der Waals surface area contributed by atoms with Gasteiger partial charge in [-0.1, -0.05) is 39.5 Å². The van der Waals surface area contributed by atoms with Gasteiger partial charge in [0.05, 0.1) is 11.8 Å². The van der Waals surface area contributed by atoms with Gasteiger partial charge in [-0.2, -0.15) is 0 Å². The molecule has 4 heteroatoms. The second-order valence-electron chi connectivity index (χ2n) is 6.02. The fraction of sp³-hybridized carbons (Fsp3) is 0.867. The lowest BCUT2D eigenvalue weighted by Gasteiger charge is -2.31. The molecule has 0 aromatic carbocycles. The van der Waals surface area contributed by atoms with Gasteiger partial charge in [0.1, 0.15) is 0 Å². The Morgan fingerprint density at radius 1 is 1.11 bits per heavy atom. The number of hydrogen-bond donors (Lipinski definition) is 2. The Morgan fingerprint density at radius 2 is 1.74 bits per heavy atom. The molecule has 1 amide bonds. The van der Waals surface area contributed by atoms with E-state index in [1.165, 1.54) is 19.3 Å². The lowest BCUT2D eigenvalue weighted by molar-refractivity contribution is -0.152. The first-order valence-electron chi connectivity index (χ1n) is 7.53. The number of carboxylic acids is 1. The topological polar surface area (TPSA) is 66.4 Å². The van der Waals surface area contributed by atoms with Gasteiger partial charge in [-0.15, -0.1) is 0 Å². The molecule has 1 aliphatic rings. The second kappa shape index (κ2) is 8.18. The molecule has 2 N–H and O–H groups in total. The largest absolute Gasteiger partial charge is 0.481 e. The first-order valence-corrected chi connectivity index (χ1v) is 7.53.